The van der Waals surface area contributed by atoms with E-state index in [2.05, 4.69) is 10.4 Å². The standard InChI is InChI=1S/C18H24N4O9/c1-21-11-6-4-3-5-10(11)12(20-21)13(23)19-9-7-14(24)16(26,27)18(30,31)17(28,29)15(25,8-9)22(14)2/h3-6,9,24-31H,7-8H2,1-2H3,(H,19,23). The summed E-state index contributed by atoms with van der Waals surface area (Å²) < 4.78 is 1.47. The first-order valence-electron chi connectivity index (χ1n) is 9.37. The van der Waals surface area contributed by atoms with Gasteiger partial charge in [-0.15, -0.1) is 0 Å². The Morgan fingerprint density at radius 2 is 1.45 bits per heavy atom. The number of piperidine rings is 2. The number of fused-ring (bicyclic) bond motifs is 3. The van der Waals surface area contributed by atoms with Crippen molar-refractivity contribution in [1.82, 2.24) is 20.0 Å². The molecule has 2 unspecified atom stereocenters. The molecule has 13 heteroatoms. The zero-order valence-electron chi connectivity index (χ0n) is 16.6. The molecular formula is C18H24N4O9. The number of benzene rings is 1. The van der Waals surface area contributed by atoms with Gasteiger partial charge in [0.15, 0.2) is 17.1 Å². The first-order valence-corrected chi connectivity index (χ1v) is 9.37. The zero-order valence-corrected chi connectivity index (χ0v) is 16.6. The number of aliphatic hydroxyl groups is 8. The fraction of sp³-hybridized carbons (Fsp3) is 0.556. The molecule has 0 saturated carbocycles. The van der Waals surface area contributed by atoms with Crippen LogP contribution in [0.15, 0.2) is 24.3 Å². The summed E-state index contributed by atoms with van der Waals surface area (Å²) in [5.74, 6) is -12.8. The summed E-state index contributed by atoms with van der Waals surface area (Å²) in [6.45, 7) is 0. The second kappa shape index (κ2) is 6.19. The average molecular weight is 440 g/mol. The highest BCUT2D eigenvalue weighted by Crippen LogP contribution is 2.55. The number of amides is 1. The lowest BCUT2D eigenvalue weighted by Crippen LogP contribution is -2.94. The van der Waals surface area contributed by atoms with E-state index >= 15 is 0 Å². The Hall–Kier alpha value is -2.20. The molecule has 170 valence electrons. The van der Waals surface area contributed by atoms with E-state index in [0.29, 0.717) is 15.8 Å². The minimum absolute atomic E-state index is 0.0124. The van der Waals surface area contributed by atoms with Gasteiger partial charge in [0.2, 0.25) is 0 Å². The number of rotatable bonds is 2. The SMILES string of the molecule is CN1C2(O)CC(NC(=O)c3nn(C)c4ccccc34)CC1(O)C(O)(O)C(O)(O)C2(O)O. The molecule has 1 aromatic heterocycles. The molecule has 2 saturated heterocycles. The molecule has 31 heavy (non-hydrogen) atoms. The van der Waals surface area contributed by atoms with E-state index in [4.69, 9.17) is 0 Å². The van der Waals surface area contributed by atoms with Crippen LogP contribution in [-0.2, 0) is 7.05 Å². The number of carbonyl (C=O) groups is 1. The maximum absolute atomic E-state index is 12.9. The molecule has 9 N–H and O–H groups in total. The van der Waals surface area contributed by atoms with Crippen LogP contribution >= 0.6 is 0 Å². The number of hydrogen-bond donors (Lipinski definition) is 9. The van der Waals surface area contributed by atoms with Gasteiger partial charge in [0, 0.05) is 31.3 Å². The first-order chi connectivity index (χ1) is 14.1. The van der Waals surface area contributed by atoms with E-state index in [0.717, 1.165) is 7.05 Å². The highest BCUT2D eigenvalue weighted by atomic mass is 16.7. The van der Waals surface area contributed by atoms with E-state index in [1.807, 2.05) is 0 Å². The van der Waals surface area contributed by atoms with Crippen molar-refractivity contribution in [2.24, 2.45) is 7.05 Å². The molecular weight excluding hydrogens is 416 g/mol. The van der Waals surface area contributed by atoms with Crippen LogP contribution < -0.4 is 5.32 Å². The van der Waals surface area contributed by atoms with Crippen molar-refractivity contribution in [2.45, 2.75) is 47.7 Å². The van der Waals surface area contributed by atoms with Crippen molar-refractivity contribution in [3.63, 3.8) is 0 Å². The van der Waals surface area contributed by atoms with Gasteiger partial charge in [-0.1, -0.05) is 18.2 Å². The van der Waals surface area contributed by atoms with Crippen LogP contribution in [0.4, 0.5) is 0 Å². The molecule has 13 nitrogen and oxygen atoms in total. The lowest BCUT2D eigenvalue weighted by Gasteiger charge is -2.67. The number of nitrogens with one attached hydrogen (secondary N) is 1. The van der Waals surface area contributed by atoms with Gasteiger partial charge in [-0.2, -0.15) is 5.10 Å². The van der Waals surface area contributed by atoms with Crippen LogP contribution in [-0.4, -0.2) is 103 Å². The third-order valence-corrected chi connectivity index (χ3v) is 6.57. The van der Waals surface area contributed by atoms with Crippen LogP contribution in [0.2, 0.25) is 0 Å². The predicted octanol–water partition coefficient (Wildman–Crippen LogP) is -4.17. The summed E-state index contributed by atoms with van der Waals surface area (Å²) >= 11 is 0. The molecule has 0 aliphatic carbocycles. The van der Waals surface area contributed by atoms with Crippen LogP contribution in [0.25, 0.3) is 10.9 Å². The number of likely N-dealkylation sites (N-methyl/N-ethyl adjacent to an activating group) is 1. The molecule has 2 aliphatic heterocycles. The summed E-state index contributed by atoms with van der Waals surface area (Å²) in [7, 11) is 2.56. The summed E-state index contributed by atoms with van der Waals surface area (Å²) in [6, 6.07) is 5.60. The molecule has 0 spiro atoms. The number of nitrogens with zero attached hydrogens (tertiary/aromatic N) is 3. The molecule has 2 atom stereocenters. The summed E-state index contributed by atoms with van der Waals surface area (Å²) in [5, 5.41) is 90.3. The highest BCUT2D eigenvalue weighted by Gasteiger charge is 2.85. The molecule has 1 aromatic carbocycles. The quantitative estimate of drug-likeness (QED) is 0.204. The lowest BCUT2D eigenvalue weighted by atomic mass is 9.67. The monoisotopic (exact) mass is 440 g/mol. The maximum Gasteiger partial charge on any atom is 0.283 e. The first kappa shape index (κ1) is 22.0. The smallest absolute Gasteiger partial charge is 0.283 e. The Kier molecular flexibility index (Phi) is 4.39. The summed E-state index contributed by atoms with van der Waals surface area (Å²) in [6.07, 6.45) is -1.43. The number of aromatic nitrogens is 2. The lowest BCUT2D eigenvalue weighted by molar-refractivity contribution is -0.575. The fourth-order valence-electron chi connectivity index (χ4n) is 4.63. The van der Waals surface area contributed by atoms with E-state index in [1.54, 1.807) is 31.3 Å². The minimum atomic E-state index is -4.15. The van der Waals surface area contributed by atoms with E-state index in [-0.39, 0.29) is 5.69 Å². The van der Waals surface area contributed by atoms with E-state index in [9.17, 15) is 45.6 Å². The Labute approximate surface area is 175 Å². The van der Waals surface area contributed by atoms with Gasteiger partial charge in [0.25, 0.3) is 23.3 Å². The topological polar surface area (TPSA) is 212 Å². The van der Waals surface area contributed by atoms with Gasteiger partial charge in [-0.25, -0.2) is 4.90 Å². The normalized spacial score (nSPS) is 33.9. The van der Waals surface area contributed by atoms with Crippen molar-refractivity contribution in [1.29, 1.82) is 0 Å². The Morgan fingerprint density at radius 1 is 0.935 bits per heavy atom. The Morgan fingerprint density at radius 3 is 2.00 bits per heavy atom. The fourth-order valence-corrected chi connectivity index (χ4v) is 4.63. The van der Waals surface area contributed by atoms with Crippen LogP contribution in [0.1, 0.15) is 23.3 Å². The minimum Gasteiger partial charge on any atom is -0.370 e. The molecule has 3 heterocycles. The van der Waals surface area contributed by atoms with Gasteiger partial charge < -0.3 is 46.2 Å². The zero-order chi connectivity index (χ0) is 23.2. The number of para-hydroxylation sites is 1. The molecule has 2 aliphatic rings. The molecule has 0 radical (unpaired) electrons. The largest absolute Gasteiger partial charge is 0.370 e. The van der Waals surface area contributed by atoms with Crippen molar-refractivity contribution in [2.75, 3.05) is 7.05 Å². The van der Waals surface area contributed by atoms with E-state index in [1.165, 1.54) is 4.68 Å². The number of hydrogen-bond acceptors (Lipinski definition) is 11. The Bertz CT molecular complexity index is 1030. The van der Waals surface area contributed by atoms with Crippen molar-refractivity contribution in [3.05, 3.63) is 30.0 Å². The summed E-state index contributed by atoms with van der Waals surface area (Å²) in [4.78, 5) is 13.3. The van der Waals surface area contributed by atoms with Gasteiger partial charge >= 0.3 is 0 Å². The highest BCUT2D eigenvalue weighted by molar-refractivity contribution is 6.04. The molecule has 1 amide bonds. The van der Waals surface area contributed by atoms with Crippen LogP contribution in [0, 0.1) is 0 Å². The molecule has 2 fully saturated rings. The third kappa shape index (κ3) is 2.46. The van der Waals surface area contributed by atoms with Crippen molar-refractivity contribution in [3.8, 4) is 0 Å². The number of aryl methyl sites for hydroxylation is 1. The second-order valence-corrected chi connectivity index (χ2v) is 8.28. The predicted molar refractivity (Wildman–Crippen MR) is 100 cm³/mol. The molecule has 4 rings (SSSR count). The van der Waals surface area contributed by atoms with Gasteiger partial charge in [-0.3, -0.25) is 9.48 Å². The molecule has 2 aromatic rings. The maximum atomic E-state index is 12.9. The van der Waals surface area contributed by atoms with Crippen molar-refractivity contribution < 1.29 is 45.6 Å². The number of carbonyl (C=O) groups excluding carboxylic acids is 1. The second-order valence-electron chi connectivity index (χ2n) is 8.28. The third-order valence-electron chi connectivity index (χ3n) is 6.57. The van der Waals surface area contributed by atoms with E-state index < -0.39 is 53.6 Å². The average Bonchev–Trinajstić information content (AvgIpc) is 3.02. The van der Waals surface area contributed by atoms with Crippen LogP contribution in [0.5, 0.6) is 0 Å². The van der Waals surface area contributed by atoms with Gasteiger partial charge in [0.1, 0.15) is 0 Å². The Balaban J connectivity index is 1.72. The van der Waals surface area contributed by atoms with Crippen molar-refractivity contribution >= 4 is 16.8 Å². The summed E-state index contributed by atoms with van der Waals surface area (Å²) in [5.41, 5.74) is -5.33. The van der Waals surface area contributed by atoms with Gasteiger partial charge in [-0.05, 0) is 13.1 Å². The van der Waals surface area contributed by atoms with Gasteiger partial charge in [0.05, 0.1) is 5.52 Å². The molecule has 2 bridgehead atoms. The van der Waals surface area contributed by atoms with Crippen LogP contribution in [0.3, 0.4) is 0 Å².